The van der Waals surface area contributed by atoms with Crippen LogP contribution in [0.1, 0.15) is 39.3 Å². The number of carbonyl (C=O) groups excluding carboxylic acids is 1. The molecule has 1 fully saturated rings. The second kappa shape index (κ2) is 10.3. The molecule has 32 heavy (non-hydrogen) atoms. The molecule has 3 heterocycles. The van der Waals surface area contributed by atoms with Crippen LogP contribution in [0.4, 0.5) is 10.8 Å². The van der Waals surface area contributed by atoms with Crippen LogP contribution < -0.4 is 15.5 Å². The number of nitrogens with one attached hydrogen (secondary N) is 2. The van der Waals surface area contributed by atoms with Crippen molar-refractivity contribution in [3.05, 3.63) is 70.2 Å². The number of aromatic hydroxyl groups is 1. The van der Waals surface area contributed by atoms with E-state index in [0.29, 0.717) is 10.7 Å². The van der Waals surface area contributed by atoms with Crippen LogP contribution in [0.3, 0.4) is 0 Å². The summed E-state index contributed by atoms with van der Waals surface area (Å²) in [6, 6.07) is 16.2. The van der Waals surface area contributed by atoms with Gasteiger partial charge in [0.15, 0.2) is 5.13 Å². The van der Waals surface area contributed by atoms with Gasteiger partial charge in [0.2, 0.25) is 0 Å². The van der Waals surface area contributed by atoms with E-state index in [1.54, 1.807) is 12.1 Å². The molecule has 0 atom stereocenters. The molecule has 3 N–H and O–H groups in total. The molecule has 7 nitrogen and oxygen atoms in total. The summed E-state index contributed by atoms with van der Waals surface area (Å²) in [5, 5.41) is 24.6. The molecule has 0 saturated carbocycles. The van der Waals surface area contributed by atoms with Gasteiger partial charge in [-0.3, -0.25) is 10.1 Å². The molecule has 1 saturated heterocycles. The summed E-state index contributed by atoms with van der Waals surface area (Å²) in [6.45, 7) is 4.06. The number of hydrogen-bond acceptors (Lipinski definition) is 7. The van der Waals surface area contributed by atoms with E-state index in [1.165, 1.54) is 46.9 Å². The van der Waals surface area contributed by atoms with Gasteiger partial charge in [-0.25, -0.2) is 4.98 Å². The van der Waals surface area contributed by atoms with Gasteiger partial charge in [0.25, 0.3) is 5.91 Å². The van der Waals surface area contributed by atoms with Crippen molar-refractivity contribution in [1.29, 1.82) is 5.26 Å². The maximum atomic E-state index is 12.0. The molecular formula is C24H25N5O2S. The highest BCUT2D eigenvalue weighted by atomic mass is 32.1. The van der Waals surface area contributed by atoms with Crippen molar-refractivity contribution in [2.45, 2.75) is 25.8 Å². The van der Waals surface area contributed by atoms with E-state index in [4.69, 9.17) is 5.26 Å². The smallest absolute Gasteiger partial charge is 0.257 e. The van der Waals surface area contributed by atoms with Gasteiger partial charge in [0.05, 0.1) is 17.3 Å². The van der Waals surface area contributed by atoms with Gasteiger partial charge in [-0.15, -0.1) is 11.3 Å². The molecule has 0 unspecified atom stereocenters. The van der Waals surface area contributed by atoms with Crippen LogP contribution in [0.5, 0.6) is 5.75 Å². The predicted octanol–water partition coefficient (Wildman–Crippen LogP) is 3.91. The van der Waals surface area contributed by atoms with E-state index < -0.39 is 0 Å². The van der Waals surface area contributed by atoms with Crippen LogP contribution >= 0.6 is 11.3 Å². The van der Waals surface area contributed by atoms with Crippen LogP contribution in [0.2, 0.25) is 0 Å². The Kier molecular flexibility index (Phi) is 7.00. The fourth-order valence-corrected chi connectivity index (χ4v) is 4.69. The topological polar surface area (TPSA) is 101 Å². The third kappa shape index (κ3) is 5.44. The summed E-state index contributed by atoms with van der Waals surface area (Å²) in [5.74, 6) is -0.176. The van der Waals surface area contributed by atoms with Crippen LogP contribution in [-0.2, 0) is 13.0 Å². The average molecular weight is 448 g/mol. The number of nitrogens with zero attached hydrogens (tertiary/aromatic N) is 3. The van der Waals surface area contributed by atoms with Crippen molar-refractivity contribution < 1.29 is 9.90 Å². The van der Waals surface area contributed by atoms with E-state index in [9.17, 15) is 9.90 Å². The van der Waals surface area contributed by atoms with Crippen molar-refractivity contribution in [3.8, 4) is 11.8 Å². The number of carbonyl (C=O) groups is 1. The van der Waals surface area contributed by atoms with Gasteiger partial charge in [-0.1, -0.05) is 6.07 Å². The van der Waals surface area contributed by atoms with Gasteiger partial charge >= 0.3 is 0 Å². The SMILES string of the molecule is N#Cc1ccc(N2CCCC2)cc1.O=C(Nc1nc2c(s1)CNCC2)c1cccc(O)c1. The second-order valence-electron chi connectivity index (χ2n) is 7.67. The maximum absolute atomic E-state index is 12.0. The van der Waals surface area contributed by atoms with Crippen molar-refractivity contribution >= 4 is 28.1 Å². The highest BCUT2D eigenvalue weighted by Crippen LogP contribution is 2.26. The Bertz CT molecular complexity index is 1090. The highest BCUT2D eigenvalue weighted by molar-refractivity contribution is 7.15. The predicted molar refractivity (Wildman–Crippen MR) is 126 cm³/mol. The number of anilines is 2. The Balaban J connectivity index is 0.000000165. The number of benzene rings is 2. The first-order chi connectivity index (χ1) is 15.6. The van der Waals surface area contributed by atoms with Gasteiger partial charge < -0.3 is 15.3 Å². The largest absolute Gasteiger partial charge is 0.508 e. The molecule has 2 aliphatic rings. The lowest BCUT2D eigenvalue weighted by Crippen LogP contribution is -2.22. The van der Waals surface area contributed by atoms with Crippen molar-refractivity contribution in [1.82, 2.24) is 10.3 Å². The zero-order valence-electron chi connectivity index (χ0n) is 17.7. The summed E-state index contributed by atoms with van der Waals surface area (Å²) < 4.78 is 0. The zero-order chi connectivity index (χ0) is 22.3. The van der Waals surface area contributed by atoms with Crippen molar-refractivity contribution in [2.24, 2.45) is 0 Å². The summed E-state index contributed by atoms with van der Waals surface area (Å²) in [4.78, 5) is 20.0. The van der Waals surface area contributed by atoms with E-state index in [2.05, 4.69) is 26.6 Å². The summed E-state index contributed by atoms with van der Waals surface area (Å²) in [6.07, 6.45) is 3.48. The van der Waals surface area contributed by atoms with Crippen LogP contribution in [-0.4, -0.2) is 35.6 Å². The third-order valence-corrected chi connectivity index (χ3v) is 6.41. The molecule has 0 aliphatic carbocycles. The quantitative estimate of drug-likeness (QED) is 0.563. The number of thiazole rings is 1. The number of nitriles is 1. The van der Waals surface area contributed by atoms with Crippen LogP contribution in [0.25, 0.3) is 0 Å². The van der Waals surface area contributed by atoms with Crippen LogP contribution in [0.15, 0.2) is 48.5 Å². The number of rotatable bonds is 3. The molecule has 0 spiro atoms. The molecule has 164 valence electrons. The minimum atomic E-state index is -0.255. The molecule has 5 rings (SSSR count). The molecule has 3 aromatic rings. The Morgan fingerprint density at radius 2 is 1.97 bits per heavy atom. The number of amides is 1. The Labute approximate surface area is 191 Å². The van der Waals surface area contributed by atoms with E-state index in [1.807, 2.05) is 24.3 Å². The lowest BCUT2D eigenvalue weighted by molar-refractivity contribution is 0.102. The fourth-order valence-electron chi connectivity index (χ4n) is 3.72. The van der Waals surface area contributed by atoms with Gasteiger partial charge in [-0.2, -0.15) is 5.26 Å². The molecule has 1 amide bonds. The molecule has 1 aromatic heterocycles. The average Bonchev–Trinajstić information content (AvgIpc) is 3.49. The molecule has 2 aliphatic heterocycles. The Hall–Kier alpha value is -3.41. The second-order valence-corrected chi connectivity index (χ2v) is 8.76. The molecule has 0 bridgehead atoms. The lowest BCUT2D eigenvalue weighted by Gasteiger charge is -2.16. The molecule has 2 aromatic carbocycles. The van der Waals surface area contributed by atoms with Crippen molar-refractivity contribution in [2.75, 3.05) is 29.9 Å². The standard InChI is InChI=1S/C13H13N3O2S.C11H12N2/c17-9-3-1-2-8(6-9)12(18)16-13-15-10-4-5-14-7-11(10)19-13;12-9-10-3-5-11(6-4-10)13-7-1-2-8-13/h1-3,6,14,17H,4-5,7H2,(H,15,16,18);3-6H,1-2,7-8H2. The summed E-state index contributed by atoms with van der Waals surface area (Å²) in [7, 11) is 0. The van der Waals surface area contributed by atoms with Crippen LogP contribution in [0, 0.1) is 11.3 Å². The molecular weight excluding hydrogens is 422 g/mol. The number of aromatic nitrogens is 1. The highest BCUT2D eigenvalue weighted by Gasteiger charge is 2.16. The normalized spacial score (nSPS) is 14.7. The Morgan fingerprint density at radius 3 is 2.66 bits per heavy atom. The van der Waals surface area contributed by atoms with E-state index in [0.717, 1.165) is 43.9 Å². The monoisotopic (exact) mass is 447 g/mol. The fraction of sp³-hybridized carbons (Fsp3) is 0.292. The third-order valence-electron chi connectivity index (χ3n) is 5.40. The van der Waals surface area contributed by atoms with E-state index in [-0.39, 0.29) is 11.7 Å². The summed E-state index contributed by atoms with van der Waals surface area (Å²) >= 11 is 1.49. The minimum absolute atomic E-state index is 0.0790. The number of phenolic OH excluding ortho intramolecular Hbond substituents is 1. The first kappa shape index (κ1) is 21.8. The maximum Gasteiger partial charge on any atom is 0.257 e. The van der Waals surface area contributed by atoms with Gasteiger partial charge in [-0.05, 0) is 55.3 Å². The van der Waals surface area contributed by atoms with Gasteiger partial charge in [0, 0.05) is 48.7 Å². The Morgan fingerprint density at radius 1 is 1.19 bits per heavy atom. The first-order valence-corrected chi connectivity index (χ1v) is 11.5. The molecule has 8 heteroatoms. The zero-order valence-corrected chi connectivity index (χ0v) is 18.5. The van der Waals surface area contributed by atoms with E-state index >= 15 is 0 Å². The summed E-state index contributed by atoms with van der Waals surface area (Å²) in [5.41, 5.74) is 3.47. The van der Waals surface area contributed by atoms with Gasteiger partial charge in [0.1, 0.15) is 5.75 Å². The van der Waals surface area contributed by atoms with Crippen molar-refractivity contribution in [3.63, 3.8) is 0 Å². The number of hydrogen-bond donors (Lipinski definition) is 3. The number of fused-ring (bicyclic) bond motifs is 1. The minimum Gasteiger partial charge on any atom is -0.508 e. The lowest BCUT2D eigenvalue weighted by atomic mass is 10.2. The first-order valence-electron chi connectivity index (χ1n) is 10.7. The molecule has 0 radical (unpaired) electrons. The number of phenols is 1.